The van der Waals surface area contributed by atoms with E-state index in [0.29, 0.717) is 5.82 Å². The lowest BCUT2D eigenvalue weighted by molar-refractivity contribution is -0.0558. The predicted molar refractivity (Wildman–Crippen MR) is 61.8 cm³/mol. The van der Waals surface area contributed by atoms with E-state index in [2.05, 4.69) is 28.7 Å². The van der Waals surface area contributed by atoms with Gasteiger partial charge in [-0.05, 0) is 13.8 Å². The third-order valence-corrected chi connectivity index (χ3v) is 2.90. The fourth-order valence-electron chi connectivity index (χ4n) is 1.83. The lowest BCUT2D eigenvalue weighted by Gasteiger charge is -2.41. The minimum atomic E-state index is 0.0569. The van der Waals surface area contributed by atoms with Crippen molar-refractivity contribution >= 4 is 5.82 Å². The maximum absolute atomic E-state index is 5.51. The van der Waals surface area contributed by atoms with Gasteiger partial charge in [0.05, 0.1) is 31.3 Å². The number of morpholine rings is 1. The van der Waals surface area contributed by atoms with Crippen LogP contribution in [-0.4, -0.2) is 40.2 Å². The first kappa shape index (κ1) is 11.3. The number of ether oxygens (including phenoxy) is 1. The Bertz CT molecular complexity index is 350. The molecule has 5 nitrogen and oxygen atoms in total. The Hall–Kier alpha value is -1.20. The number of nitrogens with zero attached hydrogens (tertiary/aromatic N) is 3. The molecule has 0 unspecified atom stereocenters. The van der Waals surface area contributed by atoms with Crippen molar-refractivity contribution in [3.63, 3.8) is 0 Å². The number of nitrogen functional groups attached to an aromatic ring is 1. The minimum Gasteiger partial charge on any atom is -0.382 e. The average Bonchev–Trinajstić information content (AvgIpc) is 2.24. The Balaban J connectivity index is 2.05. The molecule has 2 N–H and O–H groups in total. The largest absolute Gasteiger partial charge is 0.382 e. The topological polar surface area (TPSA) is 64.3 Å². The molecular formula is C11H18N4O. The highest BCUT2D eigenvalue weighted by molar-refractivity contribution is 5.22. The van der Waals surface area contributed by atoms with Crippen LogP contribution in [0.3, 0.4) is 0 Å². The van der Waals surface area contributed by atoms with Gasteiger partial charge in [-0.1, -0.05) is 0 Å². The van der Waals surface area contributed by atoms with E-state index in [1.165, 1.54) is 0 Å². The predicted octanol–water partition coefficient (Wildman–Crippen LogP) is 0.670. The average molecular weight is 222 g/mol. The first-order valence-corrected chi connectivity index (χ1v) is 5.47. The lowest BCUT2D eigenvalue weighted by atomic mass is 10.0. The maximum atomic E-state index is 5.51. The number of rotatable bonds is 2. The number of anilines is 1. The van der Waals surface area contributed by atoms with Crippen LogP contribution in [0.25, 0.3) is 0 Å². The lowest BCUT2D eigenvalue weighted by Crippen LogP contribution is -2.52. The molecule has 5 heteroatoms. The Kier molecular flexibility index (Phi) is 3.07. The zero-order chi connectivity index (χ0) is 11.6. The van der Waals surface area contributed by atoms with E-state index < -0.39 is 0 Å². The van der Waals surface area contributed by atoms with E-state index in [0.717, 1.165) is 32.0 Å². The quantitative estimate of drug-likeness (QED) is 0.796. The van der Waals surface area contributed by atoms with Crippen LogP contribution in [0.4, 0.5) is 5.82 Å². The van der Waals surface area contributed by atoms with Crippen LogP contribution in [0.2, 0.25) is 0 Å². The van der Waals surface area contributed by atoms with E-state index in [4.69, 9.17) is 10.5 Å². The van der Waals surface area contributed by atoms with Gasteiger partial charge in [0.15, 0.2) is 0 Å². The Labute approximate surface area is 95.6 Å². The minimum absolute atomic E-state index is 0.0569. The summed E-state index contributed by atoms with van der Waals surface area (Å²) in [7, 11) is 0. The highest BCUT2D eigenvalue weighted by atomic mass is 16.5. The molecule has 0 saturated carbocycles. The molecule has 0 amide bonds. The summed E-state index contributed by atoms with van der Waals surface area (Å²) < 4.78 is 5.47. The van der Waals surface area contributed by atoms with Crippen LogP contribution in [0.1, 0.15) is 19.5 Å². The molecule has 0 aromatic carbocycles. The van der Waals surface area contributed by atoms with Crippen LogP contribution >= 0.6 is 0 Å². The molecule has 1 aliphatic rings. The van der Waals surface area contributed by atoms with E-state index in [1.807, 2.05) is 0 Å². The number of nitrogens with two attached hydrogens (primary N) is 1. The summed E-state index contributed by atoms with van der Waals surface area (Å²) in [5.41, 5.74) is 6.51. The zero-order valence-electron chi connectivity index (χ0n) is 9.81. The molecule has 1 aliphatic heterocycles. The van der Waals surface area contributed by atoms with Crippen molar-refractivity contribution in [2.24, 2.45) is 0 Å². The second-order valence-corrected chi connectivity index (χ2v) is 4.72. The van der Waals surface area contributed by atoms with Crippen molar-refractivity contribution in [2.75, 3.05) is 25.5 Å². The van der Waals surface area contributed by atoms with Gasteiger partial charge in [0, 0.05) is 18.6 Å². The Morgan fingerprint density at radius 1 is 1.44 bits per heavy atom. The van der Waals surface area contributed by atoms with E-state index in [1.54, 1.807) is 12.4 Å². The number of hydrogen-bond acceptors (Lipinski definition) is 5. The summed E-state index contributed by atoms with van der Waals surface area (Å²) in [6, 6.07) is 0. The van der Waals surface area contributed by atoms with Gasteiger partial charge in [0.25, 0.3) is 0 Å². The molecule has 0 bridgehead atoms. The fraction of sp³-hybridized carbons (Fsp3) is 0.636. The Morgan fingerprint density at radius 3 is 2.88 bits per heavy atom. The monoisotopic (exact) mass is 222 g/mol. The normalized spacial score (nSPS) is 20.9. The third-order valence-electron chi connectivity index (χ3n) is 2.90. The highest BCUT2D eigenvalue weighted by Gasteiger charge is 2.30. The Morgan fingerprint density at radius 2 is 2.25 bits per heavy atom. The summed E-state index contributed by atoms with van der Waals surface area (Å²) in [5.74, 6) is 0.463. The van der Waals surface area contributed by atoms with E-state index >= 15 is 0 Å². The van der Waals surface area contributed by atoms with Gasteiger partial charge in [-0.15, -0.1) is 0 Å². The molecule has 0 radical (unpaired) electrons. The molecule has 0 atom stereocenters. The molecule has 1 aromatic heterocycles. The van der Waals surface area contributed by atoms with Crippen molar-refractivity contribution in [3.8, 4) is 0 Å². The maximum Gasteiger partial charge on any atom is 0.141 e. The van der Waals surface area contributed by atoms with Gasteiger partial charge in [-0.2, -0.15) is 0 Å². The third kappa shape index (κ3) is 2.48. The summed E-state index contributed by atoms with van der Waals surface area (Å²) >= 11 is 0. The van der Waals surface area contributed by atoms with Crippen molar-refractivity contribution in [1.29, 1.82) is 0 Å². The van der Waals surface area contributed by atoms with Crippen molar-refractivity contribution < 1.29 is 4.74 Å². The second-order valence-electron chi connectivity index (χ2n) is 4.72. The second kappa shape index (κ2) is 4.35. The molecule has 16 heavy (non-hydrogen) atoms. The van der Waals surface area contributed by atoms with E-state index in [9.17, 15) is 0 Å². The fourth-order valence-corrected chi connectivity index (χ4v) is 1.83. The highest BCUT2D eigenvalue weighted by Crippen LogP contribution is 2.20. The van der Waals surface area contributed by atoms with Gasteiger partial charge in [-0.25, -0.2) is 4.98 Å². The van der Waals surface area contributed by atoms with Crippen LogP contribution < -0.4 is 5.73 Å². The van der Waals surface area contributed by atoms with Crippen LogP contribution in [0.15, 0.2) is 12.4 Å². The van der Waals surface area contributed by atoms with Gasteiger partial charge >= 0.3 is 0 Å². The smallest absolute Gasteiger partial charge is 0.141 e. The van der Waals surface area contributed by atoms with Crippen LogP contribution in [0.5, 0.6) is 0 Å². The van der Waals surface area contributed by atoms with Crippen LogP contribution in [-0.2, 0) is 11.3 Å². The summed E-state index contributed by atoms with van der Waals surface area (Å²) in [6.45, 7) is 7.62. The number of hydrogen-bond donors (Lipinski definition) is 1. The molecule has 88 valence electrons. The van der Waals surface area contributed by atoms with Crippen molar-refractivity contribution in [2.45, 2.75) is 25.9 Å². The first-order chi connectivity index (χ1) is 7.58. The molecular weight excluding hydrogens is 204 g/mol. The molecule has 0 spiro atoms. The van der Waals surface area contributed by atoms with Gasteiger partial charge in [0.1, 0.15) is 5.82 Å². The molecule has 2 rings (SSSR count). The molecule has 1 saturated heterocycles. The summed E-state index contributed by atoms with van der Waals surface area (Å²) in [4.78, 5) is 10.7. The first-order valence-electron chi connectivity index (χ1n) is 5.47. The SMILES string of the molecule is CC1(C)COCCN1Cc1cnc(N)cn1. The summed E-state index contributed by atoms with van der Waals surface area (Å²) in [6.07, 6.45) is 3.34. The van der Waals surface area contributed by atoms with Crippen molar-refractivity contribution in [1.82, 2.24) is 14.9 Å². The zero-order valence-corrected chi connectivity index (χ0v) is 9.81. The molecule has 1 fully saturated rings. The van der Waals surface area contributed by atoms with Gasteiger partial charge in [0.2, 0.25) is 0 Å². The molecule has 1 aromatic rings. The van der Waals surface area contributed by atoms with Crippen LogP contribution in [0, 0.1) is 0 Å². The molecule has 2 heterocycles. The molecule has 0 aliphatic carbocycles. The van der Waals surface area contributed by atoms with Gasteiger partial charge < -0.3 is 10.5 Å². The van der Waals surface area contributed by atoms with Crippen molar-refractivity contribution in [3.05, 3.63) is 18.1 Å². The standard InChI is InChI=1S/C11H18N4O/c1-11(2)8-16-4-3-15(11)7-9-5-14-10(12)6-13-9/h5-6H,3-4,7-8H2,1-2H3,(H2,12,14). The summed E-state index contributed by atoms with van der Waals surface area (Å²) in [5, 5.41) is 0. The van der Waals surface area contributed by atoms with E-state index in [-0.39, 0.29) is 5.54 Å². The number of aromatic nitrogens is 2. The van der Waals surface area contributed by atoms with Gasteiger partial charge in [-0.3, -0.25) is 9.88 Å².